The number of hydrogen-bond acceptors (Lipinski definition) is 4. The molecule has 0 aliphatic carbocycles. The number of benzene rings is 1. The van der Waals surface area contributed by atoms with E-state index in [1.165, 1.54) is 6.07 Å². The largest absolute Gasteiger partial charge is 0.467 e. The maximum atomic E-state index is 13.5. The average Bonchev–Trinajstić information content (AvgIpc) is 2.49. The minimum absolute atomic E-state index is 0.0503. The summed E-state index contributed by atoms with van der Waals surface area (Å²) in [4.78, 5) is 23.5. The monoisotopic (exact) mass is 310 g/mol. The second-order valence-corrected chi connectivity index (χ2v) is 4.79. The zero-order valence-electron chi connectivity index (χ0n) is 12.2. The van der Waals surface area contributed by atoms with E-state index < -0.39 is 41.9 Å². The Morgan fingerprint density at radius 3 is 2.45 bits per heavy atom. The highest BCUT2D eigenvalue weighted by Gasteiger charge is 2.24. The molecule has 1 rings (SSSR count). The van der Waals surface area contributed by atoms with Gasteiger partial charge in [-0.15, -0.1) is 0 Å². The molecule has 0 unspecified atom stereocenters. The number of ether oxygens (including phenoxy) is 1. The summed E-state index contributed by atoms with van der Waals surface area (Å²) in [6, 6.07) is 4.17. The summed E-state index contributed by atoms with van der Waals surface area (Å²) >= 11 is 0. The number of halogens is 2. The van der Waals surface area contributed by atoms with E-state index >= 15 is 0 Å². The number of rotatable bonds is 6. The van der Waals surface area contributed by atoms with E-state index in [9.17, 15) is 18.4 Å². The molecular formula is C15H16F2N2O3. The third-order valence-electron chi connectivity index (χ3n) is 3.03. The SMILES string of the molecule is COC(=O)[C@H](C[C@@H](C)C#N)NC(=O)Cc1c(F)cccc1F. The van der Waals surface area contributed by atoms with Gasteiger partial charge in [0.1, 0.15) is 17.7 Å². The lowest BCUT2D eigenvalue weighted by Gasteiger charge is -2.17. The van der Waals surface area contributed by atoms with Gasteiger partial charge in [0.15, 0.2) is 0 Å². The molecule has 0 spiro atoms. The zero-order chi connectivity index (χ0) is 16.7. The molecule has 118 valence electrons. The Kier molecular flexibility index (Phi) is 6.45. The molecule has 0 fully saturated rings. The molecule has 22 heavy (non-hydrogen) atoms. The molecule has 1 N–H and O–H groups in total. The van der Waals surface area contributed by atoms with Crippen molar-refractivity contribution in [3.8, 4) is 6.07 Å². The molecule has 0 aromatic heterocycles. The van der Waals surface area contributed by atoms with Gasteiger partial charge in [-0.2, -0.15) is 5.26 Å². The maximum absolute atomic E-state index is 13.5. The van der Waals surface area contributed by atoms with Crippen LogP contribution in [0.15, 0.2) is 18.2 Å². The summed E-state index contributed by atoms with van der Waals surface area (Å²) in [6.45, 7) is 1.58. The fourth-order valence-electron chi connectivity index (χ4n) is 1.87. The van der Waals surface area contributed by atoms with Crippen molar-refractivity contribution in [3.63, 3.8) is 0 Å². The van der Waals surface area contributed by atoms with E-state index in [1.807, 2.05) is 6.07 Å². The fourth-order valence-corrected chi connectivity index (χ4v) is 1.87. The van der Waals surface area contributed by atoms with Gasteiger partial charge in [0.2, 0.25) is 5.91 Å². The van der Waals surface area contributed by atoms with Crippen LogP contribution in [0.4, 0.5) is 8.78 Å². The molecule has 0 aliphatic heterocycles. The predicted molar refractivity (Wildman–Crippen MR) is 73.4 cm³/mol. The molecule has 0 heterocycles. The van der Waals surface area contributed by atoms with Crippen LogP contribution in [0.25, 0.3) is 0 Å². The normalized spacial score (nSPS) is 12.9. The average molecular weight is 310 g/mol. The summed E-state index contributed by atoms with van der Waals surface area (Å²) in [6.07, 6.45) is -0.498. The lowest BCUT2D eigenvalue weighted by Crippen LogP contribution is -2.43. The van der Waals surface area contributed by atoms with Crippen molar-refractivity contribution in [1.82, 2.24) is 5.32 Å². The highest BCUT2D eigenvalue weighted by atomic mass is 19.1. The third kappa shape index (κ3) is 4.81. The van der Waals surface area contributed by atoms with Crippen molar-refractivity contribution < 1.29 is 23.1 Å². The van der Waals surface area contributed by atoms with Crippen LogP contribution in [0.1, 0.15) is 18.9 Å². The summed E-state index contributed by atoms with van der Waals surface area (Å²) < 4.78 is 31.5. The van der Waals surface area contributed by atoms with Gasteiger partial charge in [-0.25, -0.2) is 13.6 Å². The molecule has 7 heteroatoms. The predicted octanol–water partition coefficient (Wildman–Crippen LogP) is 1.71. The number of esters is 1. The first-order chi connectivity index (χ1) is 10.4. The second kappa shape index (κ2) is 8.08. The van der Waals surface area contributed by atoms with Gasteiger partial charge >= 0.3 is 5.97 Å². The van der Waals surface area contributed by atoms with Crippen molar-refractivity contribution in [2.45, 2.75) is 25.8 Å². The van der Waals surface area contributed by atoms with Crippen LogP contribution in [0.3, 0.4) is 0 Å². The Morgan fingerprint density at radius 2 is 1.95 bits per heavy atom. The molecule has 1 amide bonds. The number of nitrogens with one attached hydrogen (secondary N) is 1. The van der Waals surface area contributed by atoms with Gasteiger partial charge in [0.05, 0.1) is 19.6 Å². The Hall–Kier alpha value is -2.49. The molecule has 0 saturated carbocycles. The smallest absolute Gasteiger partial charge is 0.328 e. The molecule has 1 aromatic rings. The summed E-state index contributed by atoms with van der Waals surface area (Å²) in [7, 11) is 1.15. The van der Waals surface area contributed by atoms with Gasteiger partial charge in [-0.3, -0.25) is 4.79 Å². The molecule has 0 saturated heterocycles. The van der Waals surface area contributed by atoms with Crippen LogP contribution >= 0.6 is 0 Å². The van der Waals surface area contributed by atoms with Gasteiger partial charge in [0.25, 0.3) is 0 Å². The van der Waals surface area contributed by atoms with Crippen molar-refractivity contribution in [2.24, 2.45) is 5.92 Å². The molecular weight excluding hydrogens is 294 g/mol. The topological polar surface area (TPSA) is 79.2 Å². The first-order valence-corrected chi connectivity index (χ1v) is 6.58. The Bertz CT molecular complexity index is 579. The zero-order valence-corrected chi connectivity index (χ0v) is 12.2. The number of nitriles is 1. The van der Waals surface area contributed by atoms with E-state index in [1.54, 1.807) is 6.92 Å². The number of carbonyl (C=O) groups excluding carboxylic acids is 2. The van der Waals surface area contributed by atoms with Gasteiger partial charge in [-0.1, -0.05) is 6.07 Å². The van der Waals surface area contributed by atoms with Gasteiger partial charge in [-0.05, 0) is 25.5 Å². The highest BCUT2D eigenvalue weighted by Crippen LogP contribution is 2.13. The maximum Gasteiger partial charge on any atom is 0.328 e. The van der Waals surface area contributed by atoms with Gasteiger partial charge < -0.3 is 10.1 Å². The number of amides is 1. The van der Waals surface area contributed by atoms with Gasteiger partial charge in [0, 0.05) is 11.5 Å². The number of hydrogen-bond donors (Lipinski definition) is 1. The van der Waals surface area contributed by atoms with Crippen LogP contribution in [-0.2, 0) is 20.7 Å². The van der Waals surface area contributed by atoms with Crippen molar-refractivity contribution in [3.05, 3.63) is 35.4 Å². The van der Waals surface area contributed by atoms with E-state index in [0.717, 1.165) is 19.2 Å². The minimum Gasteiger partial charge on any atom is -0.467 e. The van der Waals surface area contributed by atoms with Crippen molar-refractivity contribution in [2.75, 3.05) is 7.11 Å². The molecule has 2 atom stereocenters. The quantitative estimate of drug-likeness (QED) is 0.811. The number of carbonyl (C=O) groups is 2. The van der Waals surface area contributed by atoms with E-state index in [-0.39, 0.29) is 12.0 Å². The van der Waals surface area contributed by atoms with Crippen LogP contribution in [0, 0.1) is 28.9 Å². The number of methoxy groups -OCH3 is 1. The minimum atomic E-state index is -1.04. The molecule has 0 bridgehead atoms. The van der Waals surface area contributed by atoms with Crippen LogP contribution in [0.2, 0.25) is 0 Å². The lowest BCUT2D eigenvalue weighted by atomic mass is 10.0. The second-order valence-electron chi connectivity index (χ2n) is 4.79. The highest BCUT2D eigenvalue weighted by molar-refractivity contribution is 5.85. The lowest BCUT2D eigenvalue weighted by molar-refractivity contribution is -0.145. The van der Waals surface area contributed by atoms with Crippen LogP contribution in [0.5, 0.6) is 0 Å². The van der Waals surface area contributed by atoms with E-state index in [4.69, 9.17) is 5.26 Å². The van der Waals surface area contributed by atoms with Crippen LogP contribution in [-0.4, -0.2) is 25.0 Å². The standard InChI is InChI=1S/C15H16F2N2O3/c1-9(8-18)6-13(15(21)22-2)19-14(20)7-10-11(16)4-3-5-12(10)17/h3-5,9,13H,6-7H2,1-2H3,(H,19,20)/t9-,13+/m1/s1. The fraction of sp³-hybridized carbons (Fsp3) is 0.400. The first-order valence-electron chi connectivity index (χ1n) is 6.58. The Labute approximate surface area is 126 Å². The molecule has 0 radical (unpaired) electrons. The Balaban J connectivity index is 2.79. The first kappa shape index (κ1) is 17.6. The van der Waals surface area contributed by atoms with Crippen LogP contribution < -0.4 is 5.32 Å². The summed E-state index contributed by atoms with van der Waals surface area (Å²) in [5.41, 5.74) is -0.378. The van der Waals surface area contributed by atoms with E-state index in [2.05, 4.69) is 10.1 Å². The molecule has 0 aliphatic rings. The summed E-state index contributed by atoms with van der Waals surface area (Å²) in [5, 5.41) is 11.1. The van der Waals surface area contributed by atoms with Crippen molar-refractivity contribution in [1.29, 1.82) is 5.26 Å². The summed E-state index contributed by atoms with van der Waals surface area (Å²) in [5.74, 6) is -3.62. The molecule has 5 nitrogen and oxygen atoms in total. The molecule has 1 aromatic carbocycles. The van der Waals surface area contributed by atoms with E-state index in [0.29, 0.717) is 0 Å². The van der Waals surface area contributed by atoms with Crippen molar-refractivity contribution >= 4 is 11.9 Å². The third-order valence-corrected chi connectivity index (χ3v) is 3.03. The number of nitrogens with zero attached hydrogens (tertiary/aromatic N) is 1. The Morgan fingerprint density at radius 1 is 1.36 bits per heavy atom.